The maximum Gasteiger partial charge on any atom is 0.260 e. The summed E-state index contributed by atoms with van der Waals surface area (Å²) in [6.07, 6.45) is 0. The number of phenols is 1. The molecule has 110 valence electrons. The summed E-state index contributed by atoms with van der Waals surface area (Å²) in [5, 5.41) is 12.2. The highest BCUT2D eigenvalue weighted by molar-refractivity contribution is 5.85. The first-order valence-corrected chi connectivity index (χ1v) is 6.53. The number of nitrogens with one attached hydrogen (secondary N) is 1. The third kappa shape index (κ3) is 4.79. The summed E-state index contributed by atoms with van der Waals surface area (Å²) < 4.78 is 5.25. The Kier molecular flexibility index (Phi) is 6.36. The van der Waals surface area contributed by atoms with Gasteiger partial charge in [0.05, 0.1) is 6.54 Å². The van der Waals surface area contributed by atoms with Gasteiger partial charge in [-0.2, -0.15) is 0 Å². The summed E-state index contributed by atoms with van der Waals surface area (Å²) in [5.74, 6) is -0.283. The van der Waals surface area contributed by atoms with E-state index < -0.39 is 0 Å². The van der Waals surface area contributed by atoms with Gasteiger partial charge in [-0.1, -0.05) is 12.1 Å². The van der Waals surface area contributed by atoms with E-state index in [9.17, 15) is 14.7 Å². The fourth-order valence-electron chi connectivity index (χ4n) is 1.61. The first-order chi connectivity index (χ1) is 9.58. The van der Waals surface area contributed by atoms with Gasteiger partial charge in [0, 0.05) is 13.1 Å². The summed E-state index contributed by atoms with van der Waals surface area (Å²) in [6.45, 7) is 4.34. The molecule has 0 aliphatic heterocycles. The molecule has 6 heteroatoms. The average molecular weight is 280 g/mol. The molecule has 0 saturated heterocycles. The van der Waals surface area contributed by atoms with Crippen molar-refractivity contribution in [1.29, 1.82) is 0 Å². The Morgan fingerprint density at radius 2 is 2.00 bits per heavy atom. The number of aromatic hydroxyl groups is 1. The van der Waals surface area contributed by atoms with Gasteiger partial charge in [-0.05, 0) is 26.0 Å². The number of para-hydroxylation sites is 2. The number of ether oxygens (including phenoxy) is 1. The van der Waals surface area contributed by atoms with Gasteiger partial charge in [0.1, 0.15) is 0 Å². The molecule has 0 bridgehead atoms. The number of benzene rings is 1. The molecule has 0 aliphatic carbocycles. The van der Waals surface area contributed by atoms with Crippen LogP contribution in [-0.4, -0.2) is 48.1 Å². The number of rotatable bonds is 7. The zero-order valence-corrected chi connectivity index (χ0v) is 11.8. The molecule has 0 fully saturated rings. The van der Waals surface area contributed by atoms with Crippen molar-refractivity contribution in [2.75, 3.05) is 26.2 Å². The van der Waals surface area contributed by atoms with Crippen molar-refractivity contribution in [3.63, 3.8) is 0 Å². The Bertz CT molecular complexity index is 462. The highest BCUT2D eigenvalue weighted by Gasteiger charge is 2.16. The molecule has 0 spiro atoms. The molecule has 0 saturated carbocycles. The zero-order chi connectivity index (χ0) is 15.0. The third-order valence-electron chi connectivity index (χ3n) is 2.66. The number of nitrogens with zero attached hydrogens (tertiary/aromatic N) is 1. The molecule has 0 heterocycles. The van der Waals surface area contributed by atoms with Gasteiger partial charge in [-0.25, -0.2) is 0 Å². The Hall–Kier alpha value is -2.24. The second kappa shape index (κ2) is 8.04. The summed E-state index contributed by atoms with van der Waals surface area (Å²) >= 11 is 0. The first kappa shape index (κ1) is 15.8. The van der Waals surface area contributed by atoms with Crippen LogP contribution in [0.25, 0.3) is 0 Å². The van der Waals surface area contributed by atoms with Crippen LogP contribution >= 0.6 is 0 Å². The molecule has 0 atom stereocenters. The second-order valence-electron chi connectivity index (χ2n) is 4.12. The summed E-state index contributed by atoms with van der Waals surface area (Å²) in [4.78, 5) is 24.8. The fraction of sp³-hybridized carbons (Fsp3) is 0.429. The molecule has 20 heavy (non-hydrogen) atoms. The van der Waals surface area contributed by atoms with E-state index in [0.717, 1.165) is 0 Å². The van der Waals surface area contributed by atoms with Gasteiger partial charge in [-0.3, -0.25) is 9.59 Å². The topological polar surface area (TPSA) is 78.9 Å². The van der Waals surface area contributed by atoms with E-state index in [1.807, 2.05) is 6.92 Å². The molecule has 1 aromatic carbocycles. The number of carbonyl (C=O) groups excluding carboxylic acids is 2. The molecule has 0 aliphatic rings. The predicted molar refractivity (Wildman–Crippen MR) is 74.5 cm³/mol. The largest absolute Gasteiger partial charge is 0.504 e. The van der Waals surface area contributed by atoms with Gasteiger partial charge in [-0.15, -0.1) is 0 Å². The van der Waals surface area contributed by atoms with Crippen LogP contribution in [0, 0.1) is 0 Å². The minimum absolute atomic E-state index is 0.00725. The molecule has 0 radical (unpaired) electrons. The van der Waals surface area contributed by atoms with Crippen molar-refractivity contribution in [3.8, 4) is 11.5 Å². The Morgan fingerprint density at radius 3 is 2.60 bits per heavy atom. The minimum atomic E-state index is -0.304. The van der Waals surface area contributed by atoms with E-state index in [1.54, 1.807) is 25.1 Å². The molecule has 2 amide bonds. The number of carbonyl (C=O) groups is 2. The van der Waals surface area contributed by atoms with Crippen molar-refractivity contribution in [1.82, 2.24) is 10.2 Å². The van der Waals surface area contributed by atoms with Crippen LogP contribution in [0.15, 0.2) is 24.3 Å². The van der Waals surface area contributed by atoms with Crippen molar-refractivity contribution in [2.45, 2.75) is 13.8 Å². The van der Waals surface area contributed by atoms with Crippen LogP contribution in [0.2, 0.25) is 0 Å². The molecule has 2 N–H and O–H groups in total. The smallest absolute Gasteiger partial charge is 0.260 e. The van der Waals surface area contributed by atoms with Crippen molar-refractivity contribution < 1.29 is 19.4 Å². The predicted octanol–water partition coefficient (Wildman–Crippen LogP) is 0.756. The van der Waals surface area contributed by atoms with Crippen LogP contribution in [0.5, 0.6) is 11.5 Å². The SMILES string of the molecule is CCNC(=O)CN(CC)C(=O)COc1ccccc1O. The van der Waals surface area contributed by atoms with Crippen molar-refractivity contribution in [3.05, 3.63) is 24.3 Å². The summed E-state index contributed by atoms with van der Waals surface area (Å²) in [6, 6.07) is 6.41. The lowest BCUT2D eigenvalue weighted by atomic mass is 10.3. The van der Waals surface area contributed by atoms with Crippen LogP contribution in [-0.2, 0) is 9.59 Å². The Labute approximate surface area is 118 Å². The van der Waals surface area contributed by atoms with Crippen LogP contribution < -0.4 is 10.1 Å². The van der Waals surface area contributed by atoms with E-state index in [-0.39, 0.29) is 36.5 Å². The molecule has 1 rings (SSSR count). The summed E-state index contributed by atoms with van der Waals surface area (Å²) in [7, 11) is 0. The molecule has 0 aromatic heterocycles. The van der Waals surface area contributed by atoms with Gasteiger partial charge < -0.3 is 20.1 Å². The lowest BCUT2D eigenvalue weighted by molar-refractivity contribution is -0.137. The second-order valence-corrected chi connectivity index (χ2v) is 4.12. The van der Waals surface area contributed by atoms with E-state index in [1.165, 1.54) is 11.0 Å². The minimum Gasteiger partial charge on any atom is -0.504 e. The van der Waals surface area contributed by atoms with Crippen LogP contribution in [0.3, 0.4) is 0 Å². The number of hydrogen-bond acceptors (Lipinski definition) is 4. The number of amides is 2. The number of phenolic OH excluding ortho intramolecular Hbond substituents is 1. The lowest BCUT2D eigenvalue weighted by Crippen LogP contribution is -2.42. The maximum absolute atomic E-state index is 11.9. The van der Waals surface area contributed by atoms with Crippen molar-refractivity contribution in [2.24, 2.45) is 0 Å². The standard InChI is InChI=1S/C14H20N2O4/c1-3-15-13(18)9-16(4-2)14(19)10-20-12-8-6-5-7-11(12)17/h5-8,17H,3-4,9-10H2,1-2H3,(H,15,18). The monoisotopic (exact) mass is 280 g/mol. The highest BCUT2D eigenvalue weighted by Crippen LogP contribution is 2.24. The van der Waals surface area contributed by atoms with E-state index in [2.05, 4.69) is 5.32 Å². The maximum atomic E-state index is 11.9. The molecule has 1 aromatic rings. The van der Waals surface area contributed by atoms with E-state index in [4.69, 9.17) is 4.74 Å². The fourth-order valence-corrected chi connectivity index (χ4v) is 1.61. The van der Waals surface area contributed by atoms with E-state index in [0.29, 0.717) is 13.1 Å². The molecular formula is C14H20N2O4. The number of hydrogen-bond donors (Lipinski definition) is 2. The molecule has 6 nitrogen and oxygen atoms in total. The van der Waals surface area contributed by atoms with Gasteiger partial charge >= 0.3 is 0 Å². The Balaban J connectivity index is 2.51. The number of likely N-dealkylation sites (N-methyl/N-ethyl adjacent to an activating group) is 2. The first-order valence-electron chi connectivity index (χ1n) is 6.53. The highest BCUT2D eigenvalue weighted by atomic mass is 16.5. The summed E-state index contributed by atoms with van der Waals surface area (Å²) in [5.41, 5.74) is 0. The van der Waals surface area contributed by atoms with E-state index >= 15 is 0 Å². The average Bonchev–Trinajstić information content (AvgIpc) is 2.44. The third-order valence-corrected chi connectivity index (χ3v) is 2.66. The van der Waals surface area contributed by atoms with Gasteiger partial charge in [0.15, 0.2) is 18.1 Å². The zero-order valence-electron chi connectivity index (χ0n) is 11.8. The van der Waals surface area contributed by atoms with Gasteiger partial charge in [0.25, 0.3) is 5.91 Å². The molecular weight excluding hydrogens is 260 g/mol. The normalized spacial score (nSPS) is 9.90. The van der Waals surface area contributed by atoms with Crippen LogP contribution in [0.4, 0.5) is 0 Å². The van der Waals surface area contributed by atoms with Gasteiger partial charge in [0.2, 0.25) is 5.91 Å². The molecule has 0 unspecified atom stereocenters. The van der Waals surface area contributed by atoms with Crippen molar-refractivity contribution >= 4 is 11.8 Å². The lowest BCUT2D eigenvalue weighted by Gasteiger charge is -2.20. The quantitative estimate of drug-likeness (QED) is 0.772. The van der Waals surface area contributed by atoms with Crippen LogP contribution in [0.1, 0.15) is 13.8 Å². The Morgan fingerprint density at radius 1 is 1.30 bits per heavy atom.